The average molecular weight is 352 g/mol. The molecule has 0 fully saturated rings. The molecular formula is C18H32N4O3. The largest absolute Gasteiger partial charge is 0.469 e. The van der Waals surface area contributed by atoms with E-state index < -0.39 is 11.7 Å². The topological polar surface area (TPSA) is 87.9 Å². The molecule has 0 bridgehead atoms. The van der Waals surface area contributed by atoms with E-state index in [1.54, 1.807) is 6.26 Å². The van der Waals surface area contributed by atoms with Gasteiger partial charge in [-0.1, -0.05) is 13.3 Å². The van der Waals surface area contributed by atoms with Gasteiger partial charge in [0.2, 0.25) is 0 Å². The summed E-state index contributed by atoms with van der Waals surface area (Å²) in [6.07, 6.45) is 4.19. The number of aliphatic imine (C=N–C) groups is 1. The number of alkyl carbamates (subject to hydrolysis) is 1. The van der Waals surface area contributed by atoms with Crippen LogP contribution in [0.2, 0.25) is 0 Å². The molecule has 0 saturated carbocycles. The van der Waals surface area contributed by atoms with Crippen LogP contribution in [-0.4, -0.2) is 43.8 Å². The molecule has 0 atom stereocenters. The highest BCUT2D eigenvalue weighted by Gasteiger charge is 2.15. The number of rotatable bonds is 9. The molecule has 7 heteroatoms. The van der Waals surface area contributed by atoms with Gasteiger partial charge in [-0.15, -0.1) is 0 Å². The summed E-state index contributed by atoms with van der Waals surface area (Å²) >= 11 is 0. The first-order valence-corrected chi connectivity index (χ1v) is 8.92. The number of hydrogen-bond acceptors (Lipinski definition) is 4. The van der Waals surface area contributed by atoms with Gasteiger partial charge in [-0.3, -0.25) is 4.99 Å². The fourth-order valence-electron chi connectivity index (χ4n) is 1.94. The molecule has 0 aromatic carbocycles. The monoisotopic (exact) mass is 352 g/mol. The van der Waals surface area contributed by atoms with Crippen molar-refractivity contribution in [1.29, 1.82) is 0 Å². The fourth-order valence-corrected chi connectivity index (χ4v) is 1.94. The van der Waals surface area contributed by atoms with Crippen molar-refractivity contribution in [1.82, 2.24) is 16.0 Å². The van der Waals surface area contributed by atoms with Crippen molar-refractivity contribution < 1.29 is 13.9 Å². The van der Waals surface area contributed by atoms with Gasteiger partial charge >= 0.3 is 6.09 Å². The van der Waals surface area contributed by atoms with Crippen LogP contribution in [0, 0.1) is 0 Å². The Morgan fingerprint density at radius 2 is 1.92 bits per heavy atom. The molecule has 0 radical (unpaired) electrons. The molecule has 0 saturated heterocycles. The minimum absolute atomic E-state index is 0.412. The van der Waals surface area contributed by atoms with Gasteiger partial charge < -0.3 is 25.1 Å². The van der Waals surface area contributed by atoms with Crippen LogP contribution in [0.4, 0.5) is 4.79 Å². The number of guanidine groups is 1. The van der Waals surface area contributed by atoms with Gasteiger partial charge in [0.15, 0.2) is 5.96 Å². The Morgan fingerprint density at radius 1 is 1.20 bits per heavy atom. The second kappa shape index (κ2) is 11.4. The Balaban J connectivity index is 2.30. The number of carbonyl (C=O) groups excluding carboxylic acids is 1. The van der Waals surface area contributed by atoms with Gasteiger partial charge in [0, 0.05) is 32.6 Å². The van der Waals surface area contributed by atoms with Crippen LogP contribution in [0.1, 0.15) is 46.3 Å². The predicted molar refractivity (Wildman–Crippen MR) is 99.9 cm³/mol. The first kappa shape index (κ1) is 20.9. The van der Waals surface area contributed by atoms with E-state index in [2.05, 4.69) is 27.9 Å². The van der Waals surface area contributed by atoms with Crippen molar-refractivity contribution in [2.24, 2.45) is 4.99 Å². The molecule has 0 aliphatic heterocycles. The Kier molecular flexibility index (Phi) is 9.50. The van der Waals surface area contributed by atoms with Crippen LogP contribution in [-0.2, 0) is 11.2 Å². The van der Waals surface area contributed by atoms with Gasteiger partial charge in [0.05, 0.1) is 6.26 Å². The zero-order valence-electron chi connectivity index (χ0n) is 15.9. The summed E-state index contributed by atoms with van der Waals surface area (Å²) in [7, 11) is 0. The van der Waals surface area contributed by atoms with Gasteiger partial charge in [-0.25, -0.2) is 4.79 Å². The number of amides is 1. The van der Waals surface area contributed by atoms with Crippen LogP contribution < -0.4 is 16.0 Å². The van der Waals surface area contributed by atoms with Crippen molar-refractivity contribution >= 4 is 12.1 Å². The van der Waals surface area contributed by atoms with E-state index in [1.807, 2.05) is 32.9 Å². The lowest BCUT2D eigenvalue weighted by Crippen LogP contribution is -2.43. The predicted octanol–water partition coefficient (Wildman–Crippen LogP) is 2.68. The Bertz CT molecular complexity index is 507. The van der Waals surface area contributed by atoms with Crippen LogP contribution in [0.25, 0.3) is 0 Å². The second-order valence-electron chi connectivity index (χ2n) is 6.70. The maximum Gasteiger partial charge on any atom is 0.407 e. The Hall–Kier alpha value is -2.18. The third kappa shape index (κ3) is 11.1. The van der Waals surface area contributed by atoms with Crippen LogP contribution in [0.15, 0.2) is 27.8 Å². The lowest BCUT2D eigenvalue weighted by atomic mass is 10.2. The highest BCUT2D eigenvalue weighted by atomic mass is 16.6. The van der Waals surface area contributed by atoms with Crippen LogP contribution >= 0.6 is 0 Å². The molecule has 0 unspecified atom stereocenters. The van der Waals surface area contributed by atoms with Crippen molar-refractivity contribution in [2.75, 3.05) is 26.2 Å². The highest BCUT2D eigenvalue weighted by Crippen LogP contribution is 2.06. The standard InChI is InChI=1S/C18H32N4O3/c1-5-6-10-19-16(20-11-9-15-8-7-14-24-15)21-12-13-22-17(23)25-18(2,3)4/h7-8,14H,5-6,9-13H2,1-4H3,(H,22,23)(H2,19,20,21). The maximum atomic E-state index is 11.6. The van der Waals surface area contributed by atoms with Gasteiger partial charge in [-0.2, -0.15) is 0 Å². The summed E-state index contributed by atoms with van der Waals surface area (Å²) in [6.45, 7) is 10.2. The number of nitrogens with one attached hydrogen (secondary N) is 3. The van der Waals surface area contributed by atoms with Crippen molar-refractivity contribution in [3.63, 3.8) is 0 Å². The molecule has 7 nitrogen and oxygen atoms in total. The Labute approximate surface area is 150 Å². The van der Waals surface area contributed by atoms with E-state index in [-0.39, 0.29) is 0 Å². The number of nitrogens with zero attached hydrogens (tertiary/aromatic N) is 1. The fraction of sp³-hybridized carbons (Fsp3) is 0.667. The second-order valence-corrected chi connectivity index (χ2v) is 6.70. The molecule has 1 aromatic heterocycles. The molecule has 0 aliphatic carbocycles. The van der Waals surface area contributed by atoms with Crippen LogP contribution in [0.5, 0.6) is 0 Å². The van der Waals surface area contributed by atoms with E-state index in [0.717, 1.165) is 44.1 Å². The number of furan rings is 1. The van der Waals surface area contributed by atoms with E-state index in [4.69, 9.17) is 9.15 Å². The summed E-state index contributed by atoms with van der Waals surface area (Å²) in [5, 5.41) is 9.21. The van der Waals surface area contributed by atoms with Crippen molar-refractivity contribution in [2.45, 2.75) is 52.6 Å². The molecule has 1 rings (SSSR count). The van der Waals surface area contributed by atoms with Crippen LogP contribution in [0.3, 0.4) is 0 Å². The number of carbonyl (C=O) groups is 1. The molecule has 1 aromatic rings. The molecule has 0 spiro atoms. The molecule has 25 heavy (non-hydrogen) atoms. The third-order valence-corrected chi connectivity index (χ3v) is 3.11. The van der Waals surface area contributed by atoms with Gasteiger partial charge in [0.25, 0.3) is 0 Å². The van der Waals surface area contributed by atoms with Gasteiger partial charge in [-0.05, 0) is 39.3 Å². The minimum atomic E-state index is -0.488. The molecule has 0 aliphatic rings. The quantitative estimate of drug-likeness (QED) is 0.361. The maximum absolute atomic E-state index is 11.6. The number of unbranched alkanes of at least 4 members (excludes halogenated alkanes) is 1. The van der Waals surface area contributed by atoms with E-state index in [0.29, 0.717) is 13.1 Å². The van der Waals surface area contributed by atoms with Crippen molar-refractivity contribution in [3.05, 3.63) is 24.2 Å². The first-order valence-electron chi connectivity index (χ1n) is 8.92. The molecule has 142 valence electrons. The molecule has 3 N–H and O–H groups in total. The molecular weight excluding hydrogens is 320 g/mol. The Morgan fingerprint density at radius 3 is 2.56 bits per heavy atom. The summed E-state index contributed by atoms with van der Waals surface area (Å²) in [5.74, 6) is 1.68. The van der Waals surface area contributed by atoms with E-state index >= 15 is 0 Å². The summed E-state index contributed by atoms with van der Waals surface area (Å²) < 4.78 is 10.5. The van der Waals surface area contributed by atoms with Crippen molar-refractivity contribution in [3.8, 4) is 0 Å². The zero-order chi connectivity index (χ0) is 18.5. The zero-order valence-corrected chi connectivity index (χ0v) is 15.9. The first-order chi connectivity index (χ1) is 11.9. The SMILES string of the molecule is CCCCN=C(NCCNC(=O)OC(C)(C)C)NCCc1ccco1. The lowest BCUT2D eigenvalue weighted by Gasteiger charge is -2.20. The molecule has 1 heterocycles. The normalized spacial score (nSPS) is 11.9. The lowest BCUT2D eigenvalue weighted by molar-refractivity contribution is 0.0529. The van der Waals surface area contributed by atoms with E-state index in [9.17, 15) is 4.79 Å². The number of ether oxygens (including phenoxy) is 1. The average Bonchev–Trinajstić information content (AvgIpc) is 3.02. The summed E-state index contributed by atoms with van der Waals surface area (Å²) in [5.41, 5.74) is -0.488. The smallest absolute Gasteiger partial charge is 0.407 e. The summed E-state index contributed by atoms with van der Waals surface area (Å²) in [6, 6.07) is 3.83. The third-order valence-electron chi connectivity index (χ3n) is 3.11. The highest BCUT2D eigenvalue weighted by molar-refractivity contribution is 5.79. The number of hydrogen-bond donors (Lipinski definition) is 3. The molecule has 1 amide bonds. The van der Waals surface area contributed by atoms with Gasteiger partial charge in [0.1, 0.15) is 11.4 Å². The minimum Gasteiger partial charge on any atom is -0.469 e. The summed E-state index contributed by atoms with van der Waals surface area (Å²) in [4.78, 5) is 16.1. The van der Waals surface area contributed by atoms with E-state index in [1.165, 1.54) is 0 Å².